The summed E-state index contributed by atoms with van der Waals surface area (Å²) in [5.41, 5.74) is 3.00. The number of anilines is 1. The van der Waals surface area contributed by atoms with E-state index in [1.807, 2.05) is 29.2 Å². The fourth-order valence-electron chi connectivity index (χ4n) is 4.72. The van der Waals surface area contributed by atoms with Gasteiger partial charge in [-0.2, -0.15) is 0 Å². The van der Waals surface area contributed by atoms with Gasteiger partial charge in [-0.25, -0.2) is 0 Å². The lowest BCUT2D eigenvalue weighted by Crippen LogP contribution is -2.43. The van der Waals surface area contributed by atoms with Crippen LogP contribution in [0.1, 0.15) is 16.8 Å². The van der Waals surface area contributed by atoms with Gasteiger partial charge in [-0.05, 0) is 60.7 Å². The van der Waals surface area contributed by atoms with Gasteiger partial charge in [0.15, 0.2) is 0 Å². The molecule has 0 radical (unpaired) electrons. The van der Waals surface area contributed by atoms with Gasteiger partial charge in [-0.1, -0.05) is 21.9 Å². The van der Waals surface area contributed by atoms with Crippen LogP contribution in [0.5, 0.6) is 0 Å². The van der Waals surface area contributed by atoms with Crippen molar-refractivity contribution in [2.45, 2.75) is 6.42 Å². The summed E-state index contributed by atoms with van der Waals surface area (Å²) in [6.07, 6.45) is 0.956. The molecule has 0 spiro atoms. The second kappa shape index (κ2) is 7.59. The minimum Gasteiger partial charge on any atom is -0.403 e. The SMILES string of the molecule is O=C(c1ccc2[nH]nnc2c1)N1CC[C@@H]2CN(c3nnc(-c4ccc(Cl)cc4)o3)C[C@H]2C1. The summed E-state index contributed by atoms with van der Waals surface area (Å²) in [5, 5.41) is 19.7. The first-order chi connectivity index (χ1) is 15.6. The predicted molar refractivity (Wildman–Crippen MR) is 118 cm³/mol. The highest BCUT2D eigenvalue weighted by Gasteiger charge is 2.40. The highest BCUT2D eigenvalue weighted by molar-refractivity contribution is 6.30. The van der Waals surface area contributed by atoms with Crippen LogP contribution in [0.2, 0.25) is 5.02 Å². The number of hydrogen-bond donors (Lipinski definition) is 1. The lowest BCUT2D eigenvalue weighted by Gasteiger charge is -2.34. The van der Waals surface area contributed by atoms with Crippen molar-refractivity contribution in [3.63, 3.8) is 0 Å². The highest BCUT2D eigenvalue weighted by Crippen LogP contribution is 2.35. The molecule has 9 nitrogen and oxygen atoms in total. The average Bonchev–Trinajstić information content (AvgIpc) is 3.57. The van der Waals surface area contributed by atoms with Crippen LogP contribution in [0.15, 0.2) is 46.9 Å². The number of piperidine rings is 1. The second-order valence-electron chi connectivity index (χ2n) is 8.41. The van der Waals surface area contributed by atoms with Gasteiger partial charge >= 0.3 is 6.01 Å². The summed E-state index contributed by atoms with van der Waals surface area (Å²) >= 11 is 5.96. The smallest absolute Gasteiger partial charge is 0.318 e. The van der Waals surface area contributed by atoms with E-state index in [1.54, 1.807) is 18.2 Å². The van der Waals surface area contributed by atoms with Crippen molar-refractivity contribution in [1.82, 2.24) is 30.5 Å². The van der Waals surface area contributed by atoms with E-state index < -0.39 is 0 Å². The molecule has 0 unspecified atom stereocenters. The van der Waals surface area contributed by atoms with Crippen molar-refractivity contribution >= 4 is 34.6 Å². The maximum atomic E-state index is 13.1. The highest BCUT2D eigenvalue weighted by atomic mass is 35.5. The number of nitrogens with one attached hydrogen (secondary N) is 1. The molecule has 4 heterocycles. The van der Waals surface area contributed by atoms with Gasteiger partial charge in [-0.3, -0.25) is 9.89 Å². The summed E-state index contributed by atoms with van der Waals surface area (Å²) in [6.45, 7) is 3.11. The maximum Gasteiger partial charge on any atom is 0.318 e. The molecule has 2 aromatic carbocycles. The molecular weight excluding hydrogens is 430 g/mol. The number of benzene rings is 2. The minimum atomic E-state index is 0.0367. The zero-order valence-corrected chi connectivity index (χ0v) is 17.9. The number of rotatable bonds is 3. The molecule has 4 aromatic rings. The maximum absolute atomic E-state index is 13.1. The first-order valence-corrected chi connectivity index (χ1v) is 11.0. The summed E-state index contributed by atoms with van der Waals surface area (Å²) in [4.78, 5) is 17.2. The molecule has 2 fully saturated rings. The van der Waals surface area contributed by atoms with Gasteiger partial charge in [0.25, 0.3) is 5.91 Å². The molecule has 2 aromatic heterocycles. The van der Waals surface area contributed by atoms with Crippen molar-refractivity contribution in [2.75, 3.05) is 31.1 Å². The summed E-state index contributed by atoms with van der Waals surface area (Å²) in [7, 11) is 0. The Kier molecular flexibility index (Phi) is 4.57. The molecule has 6 rings (SSSR count). The third-order valence-electron chi connectivity index (χ3n) is 6.44. The molecule has 0 aliphatic carbocycles. The number of carbonyl (C=O) groups is 1. The fourth-order valence-corrected chi connectivity index (χ4v) is 4.84. The van der Waals surface area contributed by atoms with Crippen molar-refractivity contribution in [3.05, 3.63) is 53.1 Å². The van der Waals surface area contributed by atoms with Gasteiger partial charge in [-0.15, -0.1) is 10.2 Å². The number of fused-ring (bicyclic) bond motifs is 2. The van der Waals surface area contributed by atoms with E-state index in [0.29, 0.717) is 39.8 Å². The molecule has 2 saturated heterocycles. The first-order valence-electron chi connectivity index (χ1n) is 10.6. The molecule has 2 aliphatic rings. The number of nitrogens with zero attached hydrogens (tertiary/aromatic N) is 6. The predicted octanol–water partition coefficient (Wildman–Crippen LogP) is 3.26. The van der Waals surface area contributed by atoms with Crippen molar-refractivity contribution < 1.29 is 9.21 Å². The Labute approximate surface area is 188 Å². The Morgan fingerprint density at radius 3 is 2.75 bits per heavy atom. The molecular formula is C22H20ClN7O2. The van der Waals surface area contributed by atoms with E-state index >= 15 is 0 Å². The van der Waals surface area contributed by atoms with E-state index in [1.165, 1.54) is 0 Å². The molecule has 2 atom stereocenters. The van der Waals surface area contributed by atoms with Crippen LogP contribution in [0.25, 0.3) is 22.5 Å². The summed E-state index contributed by atoms with van der Waals surface area (Å²) in [5.74, 6) is 1.39. The fraction of sp³-hybridized carbons (Fsp3) is 0.318. The summed E-state index contributed by atoms with van der Waals surface area (Å²) < 4.78 is 5.94. The van der Waals surface area contributed by atoms with E-state index in [0.717, 1.165) is 43.7 Å². The first kappa shape index (κ1) is 19.2. The van der Waals surface area contributed by atoms with Crippen LogP contribution in [-0.2, 0) is 0 Å². The largest absolute Gasteiger partial charge is 0.403 e. The Hall–Kier alpha value is -3.46. The number of H-pyrrole nitrogens is 1. The van der Waals surface area contributed by atoms with E-state index in [9.17, 15) is 4.79 Å². The number of carbonyl (C=O) groups excluding carboxylic acids is 1. The molecule has 32 heavy (non-hydrogen) atoms. The van der Waals surface area contributed by atoms with Crippen molar-refractivity contribution in [2.24, 2.45) is 11.8 Å². The van der Waals surface area contributed by atoms with E-state index in [4.69, 9.17) is 16.0 Å². The van der Waals surface area contributed by atoms with E-state index in [2.05, 4.69) is 30.5 Å². The second-order valence-corrected chi connectivity index (χ2v) is 8.84. The molecule has 10 heteroatoms. The van der Waals surface area contributed by atoms with Gasteiger partial charge in [0.05, 0.1) is 5.52 Å². The zero-order valence-electron chi connectivity index (χ0n) is 17.1. The van der Waals surface area contributed by atoms with Crippen molar-refractivity contribution in [1.29, 1.82) is 0 Å². The summed E-state index contributed by atoms with van der Waals surface area (Å²) in [6, 6.07) is 13.3. The topological polar surface area (TPSA) is 104 Å². The molecule has 162 valence electrons. The van der Waals surface area contributed by atoms with Gasteiger partial charge in [0, 0.05) is 42.3 Å². The Balaban J connectivity index is 1.15. The van der Waals surface area contributed by atoms with Gasteiger partial charge in [0.1, 0.15) is 5.52 Å². The van der Waals surface area contributed by atoms with Crippen LogP contribution < -0.4 is 4.90 Å². The quantitative estimate of drug-likeness (QED) is 0.511. The standard InChI is InChI=1S/C22H20ClN7O2/c23-17-4-1-13(2-5-17)20-26-27-22(32-20)30-10-15-7-8-29(11-16(15)12-30)21(31)14-3-6-18-19(9-14)25-28-24-18/h1-6,9,15-16H,7-8,10-12H2,(H,24,25,28)/t15-,16-/m1/s1. The third kappa shape index (κ3) is 3.38. The van der Waals surface area contributed by atoms with Crippen molar-refractivity contribution in [3.8, 4) is 11.5 Å². The number of aromatic nitrogens is 5. The average molecular weight is 450 g/mol. The lowest BCUT2D eigenvalue weighted by molar-refractivity contribution is 0.0642. The number of aromatic amines is 1. The number of hydrogen-bond acceptors (Lipinski definition) is 7. The Morgan fingerprint density at radius 2 is 1.88 bits per heavy atom. The number of amides is 1. The minimum absolute atomic E-state index is 0.0367. The Bertz CT molecular complexity index is 1280. The van der Waals surface area contributed by atoms with Gasteiger partial charge in [0.2, 0.25) is 5.89 Å². The zero-order chi connectivity index (χ0) is 21.7. The Morgan fingerprint density at radius 1 is 1.03 bits per heavy atom. The lowest BCUT2D eigenvalue weighted by atomic mass is 9.88. The molecule has 0 bridgehead atoms. The van der Waals surface area contributed by atoms with Crippen LogP contribution in [0.4, 0.5) is 6.01 Å². The monoisotopic (exact) mass is 449 g/mol. The molecule has 0 saturated carbocycles. The molecule has 1 amide bonds. The van der Waals surface area contributed by atoms with Gasteiger partial charge < -0.3 is 14.2 Å². The normalized spacial score (nSPS) is 20.7. The van der Waals surface area contributed by atoms with Crippen LogP contribution >= 0.6 is 11.6 Å². The van der Waals surface area contributed by atoms with Crippen LogP contribution in [-0.4, -0.2) is 62.6 Å². The third-order valence-corrected chi connectivity index (χ3v) is 6.69. The van der Waals surface area contributed by atoms with Crippen LogP contribution in [0.3, 0.4) is 0 Å². The molecule has 1 N–H and O–H groups in total. The number of halogens is 1. The van der Waals surface area contributed by atoms with E-state index in [-0.39, 0.29) is 5.91 Å². The number of likely N-dealkylation sites (tertiary alicyclic amines) is 1. The van der Waals surface area contributed by atoms with Crippen LogP contribution in [0, 0.1) is 11.8 Å². The molecule has 2 aliphatic heterocycles.